The predicted octanol–water partition coefficient (Wildman–Crippen LogP) is 2.71. The third kappa shape index (κ3) is 4.14. The number of nitrogens with one attached hydrogen (secondary N) is 2. The van der Waals surface area contributed by atoms with Crippen molar-refractivity contribution in [3.63, 3.8) is 0 Å². The number of nitrogens with zero attached hydrogens (tertiary/aromatic N) is 2. The van der Waals surface area contributed by atoms with E-state index in [-0.39, 0.29) is 0 Å². The quantitative estimate of drug-likeness (QED) is 0.489. The van der Waals surface area contributed by atoms with Crippen LogP contribution >= 0.6 is 0 Å². The van der Waals surface area contributed by atoms with Crippen molar-refractivity contribution < 1.29 is 0 Å². The van der Waals surface area contributed by atoms with E-state index in [9.17, 15) is 0 Å². The molecule has 1 unspecified atom stereocenters. The largest absolute Gasteiger partial charge is 0.367 e. The van der Waals surface area contributed by atoms with Crippen molar-refractivity contribution in [2.45, 2.75) is 58.9 Å². The van der Waals surface area contributed by atoms with Gasteiger partial charge in [-0.3, -0.25) is 0 Å². The predicted molar refractivity (Wildman–Crippen MR) is 76.4 cm³/mol. The number of hydrogen-bond donors (Lipinski definition) is 3. The summed E-state index contributed by atoms with van der Waals surface area (Å²) in [5, 5.41) is 3.46. The monoisotopic (exact) mass is 251 g/mol. The zero-order valence-corrected chi connectivity index (χ0v) is 11.7. The highest BCUT2D eigenvalue weighted by Gasteiger charge is 2.11. The van der Waals surface area contributed by atoms with Crippen molar-refractivity contribution >= 4 is 11.6 Å². The average molecular weight is 251 g/mol. The van der Waals surface area contributed by atoms with Crippen LogP contribution in [0, 0.1) is 0 Å². The topological polar surface area (TPSA) is 75.9 Å². The Bertz CT molecular complexity index is 353. The van der Waals surface area contributed by atoms with Gasteiger partial charge in [0.2, 0.25) is 0 Å². The van der Waals surface area contributed by atoms with Gasteiger partial charge in [-0.05, 0) is 19.8 Å². The zero-order chi connectivity index (χ0) is 13.4. The van der Waals surface area contributed by atoms with Crippen molar-refractivity contribution in [1.82, 2.24) is 9.97 Å². The lowest BCUT2D eigenvalue weighted by Crippen LogP contribution is -2.19. The molecule has 0 aliphatic rings. The zero-order valence-electron chi connectivity index (χ0n) is 11.7. The highest BCUT2D eigenvalue weighted by Crippen LogP contribution is 2.22. The first-order chi connectivity index (χ1) is 8.72. The normalized spacial score (nSPS) is 12.2. The van der Waals surface area contributed by atoms with Gasteiger partial charge in [0.05, 0.1) is 0 Å². The van der Waals surface area contributed by atoms with Crippen LogP contribution in [0.25, 0.3) is 0 Å². The molecule has 0 saturated heterocycles. The van der Waals surface area contributed by atoms with Crippen molar-refractivity contribution in [3.8, 4) is 0 Å². The number of anilines is 2. The standard InChI is InChI=1S/C13H25N5/c1-4-6-8-10(3)17-12-11(7-5-2)13(18-14)16-9-15-12/h9-10H,4-8,14H2,1-3H3,(H2,15,16,17,18). The van der Waals surface area contributed by atoms with Crippen LogP contribution in [0.3, 0.4) is 0 Å². The van der Waals surface area contributed by atoms with Crippen molar-refractivity contribution in [2.75, 3.05) is 10.7 Å². The first-order valence-electron chi connectivity index (χ1n) is 6.79. The van der Waals surface area contributed by atoms with Crippen molar-refractivity contribution in [1.29, 1.82) is 0 Å². The molecule has 0 radical (unpaired) electrons. The maximum absolute atomic E-state index is 5.49. The highest BCUT2D eigenvalue weighted by atomic mass is 15.3. The second-order valence-corrected chi connectivity index (χ2v) is 4.63. The lowest BCUT2D eigenvalue weighted by atomic mass is 10.1. The summed E-state index contributed by atoms with van der Waals surface area (Å²) < 4.78 is 0. The van der Waals surface area contributed by atoms with Crippen LogP contribution in [-0.2, 0) is 6.42 Å². The van der Waals surface area contributed by atoms with E-state index in [2.05, 4.69) is 41.5 Å². The fourth-order valence-corrected chi connectivity index (χ4v) is 1.96. The Labute approximate surface area is 110 Å². The van der Waals surface area contributed by atoms with E-state index in [0.29, 0.717) is 6.04 Å². The molecule has 5 nitrogen and oxygen atoms in total. The highest BCUT2D eigenvalue weighted by molar-refractivity contribution is 5.57. The SMILES string of the molecule is CCCCC(C)Nc1ncnc(NN)c1CCC. The van der Waals surface area contributed by atoms with Gasteiger partial charge in [-0.2, -0.15) is 0 Å². The summed E-state index contributed by atoms with van der Waals surface area (Å²) in [6, 6.07) is 0.418. The molecule has 1 aromatic heterocycles. The lowest BCUT2D eigenvalue weighted by molar-refractivity contribution is 0.642. The molecule has 18 heavy (non-hydrogen) atoms. The molecule has 0 aliphatic heterocycles. The van der Waals surface area contributed by atoms with Gasteiger partial charge in [0.15, 0.2) is 0 Å². The van der Waals surface area contributed by atoms with Crippen LogP contribution in [0.4, 0.5) is 11.6 Å². The summed E-state index contributed by atoms with van der Waals surface area (Å²) in [6.07, 6.45) is 7.10. The molecule has 0 spiro atoms. The molecular formula is C13H25N5. The summed E-state index contributed by atoms with van der Waals surface area (Å²) >= 11 is 0. The average Bonchev–Trinajstić information content (AvgIpc) is 2.38. The second-order valence-electron chi connectivity index (χ2n) is 4.63. The first-order valence-corrected chi connectivity index (χ1v) is 6.79. The Morgan fingerprint density at radius 1 is 1.22 bits per heavy atom. The fraction of sp³-hybridized carbons (Fsp3) is 0.692. The van der Waals surface area contributed by atoms with Crippen LogP contribution in [0.15, 0.2) is 6.33 Å². The van der Waals surface area contributed by atoms with Crippen LogP contribution < -0.4 is 16.6 Å². The maximum atomic E-state index is 5.49. The van der Waals surface area contributed by atoms with E-state index in [1.807, 2.05) is 0 Å². The minimum absolute atomic E-state index is 0.418. The number of aromatic nitrogens is 2. The van der Waals surface area contributed by atoms with E-state index >= 15 is 0 Å². The number of nitrogens with two attached hydrogens (primary N) is 1. The van der Waals surface area contributed by atoms with Gasteiger partial charge in [0.1, 0.15) is 18.0 Å². The molecule has 1 atom stereocenters. The molecule has 0 saturated carbocycles. The maximum Gasteiger partial charge on any atom is 0.148 e. The van der Waals surface area contributed by atoms with Crippen LogP contribution in [0.2, 0.25) is 0 Å². The first kappa shape index (κ1) is 14.7. The summed E-state index contributed by atoms with van der Waals surface area (Å²) in [5.74, 6) is 7.12. The Kier molecular flexibility index (Phi) is 6.43. The molecule has 1 heterocycles. The second kappa shape index (κ2) is 7.87. The smallest absolute Gasteiger partial charge is 0.148 e. The summed E-state index contributed by atoms with van der Waals surface area (Å²) in [5.41, 5.74) is 3.72. The Hall–Kier alpha value is -1.36. The number of rotatable bonds is 8. The Morgan fingerprint density at radius 3 is 2.56 bits per heavy atom. The van der Waals surface area contributed by atoms with Gasteiger partial charge in [-0.25, -0.2) is 15.8 Å². The van der Waals surface area contributed by atoms with E-state index in [0.717, 1.165) is 36.5 Å². The van der Waals surface area contributed by atoms with Gasteiger partial charge in [-0.15, -0.1) is 0 Å². The molecule has 0 bridgehead atoms. The minimum Gasteiger partial charge on any atom is -0.367 e. The Balaban J connectivity index is 2.79. The molecule has 0 amide bonds. The van der Waals surface area contributed by atoms with Gasteiger partial charge < -0.3 is 10.7 Å². The molecule has 4 N–H and O–H groups in total. The van der Waals surface area contributed by atoms with Crippen LogP contribution in [0.1, 0.15) is 52.0 Å². The molecule has 0 fully saturated rings. The summed E-state index contributed by atoms with van der Waals surface area (Å²) in [6.45, 7) is 6.52. The van der Waals surface area contributed by atoms with Gasteiger partial charge in [-0.1, -0.05) is 33.1 Å². The van der Waals surface area contributed by atoms with Crippen molar-refractivity contribution in [2.24, 2.45) is 5.84 Å². The number of hydrogen-bond acceptors (Lipinski definition) is 5. The Morgan fingerprint density at radius 2 is 1.94 bits per heavy atom. The third-order valence-electron chi connectivity index (χ3n) is 2.96. The van der Waals surface area contributed by atoms with Crippen LogP contribution in [0.5, 0.6) is 0 Å². The molecule has 5 heteroatoms. The van der Waals surface area contributed by atoms with Gasteiger partial charge >= 0.3 is 0 Å². The number of nitrogen functional groups attached to an aromatic ring is 1. The number of unbranched alkanes of at least 4 members (excludes halogenated alkanes) is 1. The van der Waals surface area contributed by atoms with Crippen molar-refractivity contribution in [3.05, 3.63) is 11.9 Å². The molecule has 102 valence electrons. The van der Waals surface area contributed by atoms with E-state index in [1.54, 1.807) is 6.33 Å². The summed E-state index contributed by atoms with van der Waals surface area (Å²) in [7, 11) is 0. The molecule has 0 aromatic carbocycles. The number of hydrazine groups is 1. The molecular weight excluding hydrogens is 226 g/mol. The molecule has 0 aliphatic carbocycles. The fourth-order valence-electron chi connectivity index (χ4n) is 1.96. The van der Waals surface area contributed by atoms with Crippen LogP contribution in [-0.4, -0.2) is 16.0 Å². The minimum atomic E-state index is 0.418. The molecule has 1 aromatic rings. The van der Waals surface area contributed by atoms with E-state index in [1.165, 1.54) is 12.8 Å². The lowest BCUT2D eigenvalue weighted by Gasteiger charge is -2.18. The summed E-state index contributed by atoms with van der Waals surface area (Å²) in [4.78, 5) is 8.49. The van der Waals surface area contributed by atoms with E-state index < -0.39 is 0 Å². The van der Waals surface area contributed by atoms with Gasteiger partial charge in [0.25, 0.3) is 0 Å². The molecule has 1 rings (SSSR count). The van der Waals surface area contributed by atoms with Gasteiger partial charge in [0, 0.05) is 11.6 Å². The van der Waals surface area contributed by atoms with E-state index in [4.69, 9.17) is 5.84 Å². The third-order valence-corrected chi connectivity index (χ3v) is 2.96.